The number of nitrogen functional groups attached to an aromatic ring is 1. The monoisotopic (exact) mass is 401 g/mol. The van der Waals surface area contributed by atoms with Crippen molar-refractivity contribution < 1.29 is 9.36 Å². The van der Waals surface area contributed by atoms with E-state index in [1.165, 1.54) is 10.5 Å². The van der Waals surface area contributed by atoms with E-state index in [9.17, 15) is 9.59 Å². The second-order valence-corrected chi connectivity index (χ2v) is 6.93. The average molecular weight is 401 g/mol. The van der Waals surface area contributed by atoms with Crippen molar-refractivity contribution in [2.45, 2.75) is 20.0 Å². The van der Waals surface area contributed by atoms with Gasteiger partial charge in [-0.05, 0) is 30.7 Å². The van der Waals surface area contributed by atoms with Crippen LogP contribution in [0.2, 0.25) is 0 Å². The number of allylic oxidation sites excluding steroid dienone is 1. The maximum Gasteiger partial charge on any atom is 0.278 e. The number of rotatable bonds is 5. The number of hydrogen-bond acceptors (Lipinski definition) is 5. The summed E-state index contributed by atoms with van der Waals surface area (Å²) in [7, 11) is 0. The number of anilines is 1. The van der Waals surface area contributed by atoms with Crippen LogP contribution in [0.15, 0.2) is 66.4 Å². The van der Waals surface area contributed by atoms with Crippen LogP contribution in [0.1, 0.15) is 21.5 Å². The Kier molecular flexibility index (Phi) is 4.97. The summed E-state index contributed by atoms with van der Waals surface area (Å²) in [6, 6.07) is 8.83. The van der Waals surface area contributed by atoms with Crippen LogP contribution in [-0.4, -0.2) is 20.3 Å². The van der Waals surface area contributed by atoms with Gasteiger partial charge in [-0.25, -0.2) is 4.57 Å². The van der Waals surface area contributed by atoms with Crippen molar-refractivity contribution in [2.75, 3.05) is 5.73 Å². The fourth-order valence-corrected chi connectivity index (χ4v) is 3.39. The molecule has 1 amide bonds. The molecule has 0 aromatic carbocycles. The number of nitrogens with one attached hydrogen (secondary N) is 1. The number of nitrogens with zero attached hydrogens (tertiary/aromatic N) is 4. The number of hydrogen-bond donors (Lipinski definition) is 2. The van der Waals surface area contributed by atoms with Crippen LogP contribution in [-0.2, 0) is 13.1 Å². The van der Waals surface area contributed by atoms with E-state index < -0.39 is 0 Å². The Morgan fingerprint density at radius 2 is 2.20 bits per heavy atom. The summed E-state index contributed by atoms with van der Waals surface area (Å²) >= 11 is 0. The van der Waals surface area contributed by atoms with E-state index in [-0.39, 0.29) is 22.8 Å². The van der Waals surface area contributed by atoms with Gasteiger partial charge in [0.1, 0.15) is 10.9 Å². The van der Waals surface area contributed by atoms with E-state index in [0.717, 1.165) is 11.1 Å². The van der Waals surface area contributed by atoms with Crippen LogP contribution in [0, 0.1) is 6.92 Å². The fraction of sp³-hybridized carbons (Fsp3) is 0.136. The van der Waals surface area contributed by atoms with E-state index in [0.29, 0.717) is 29.8 Å². The van der Waals surface area contributed by atoms with Crippen molar-refractivity contribution in [1.29, 1.82) is 0 Å². The first kappa shape index (κ1) is 19.3. The number of nitrogens with two attached hydrogens (primary N) is 1. The SMILES string of the molecule is C=CC[n+]1c(N)c(C(=O)NCc2cccnc2)cc2c(=O)n3cccc(C)c3nc21. The van der Waals surface area contributed by atoms with Crippen molar-refractivity contribution >= 4 is 28.4 Å². The predicted molar refractivity (Wildman–Crippen MR) is 114 cm³/mol. The summed E-state index contributed by atoms with van der Waals surface area (Å²) in [6.45, 7) is 6.24. The van der Waals surface area contributed by atoms with Crippen molar-refractivity contribution in [2.24, 2.45) is 0 Å². The number of pyridine rings is 3. The summed E-state index contributed by atoms with van der Waals surface area (Å²) < 4.78 is 3.11. The number of amides is 1. The lowest BCUT2D eigenvalue weighted by Crippen LogP contribution is -2.42. The zero-order valence-corrected chi connectivity index (χ0v) is 16.5. The van der Waals surface area contributed by atoms with Crippen LogP contribution in [0.3, 0.4) is 0 Å². The van der Waals surface area contributed by atoms with Gasteiger partial charge in [0.05, 0.1) is 6.54 Å². The van der Waals surface area contributed by atoms with Gasteiger partial charge in [-0.2, -0.15) is 0 Å². The highest BCUT2D eigenvalue weighted by Crippen LogP contribution is 2.16. The lowest BCUT2D eigenvalue weighted by atomic mass is 10.1. The third kappa shape index (κ3) is 3.28. The predicted octanol–water partition coefficient (Wildman–Crippen LogP) is 1.54. The highest BCUT2D eigenvalue weighted by molar-refractivity contribution is 6.00. The van der Waals surface area contributed by atoms with Gasteiger partial charge >= 0.3 is 0 Å². The molecule has 4 heterocycles. The smallest absolute Gasteiger partial charge is 0.278 e. The molecule has 4 rings (SSSR count). The van der Waals surface area contributed by atoms with Crippen LogP contribution in [0.5, 0.6) is 0 Å². The third-order valence-corrected chi connectivity index (χ3v) is 4.91. The molecule has 0 aliphatic rings. The van der Waals surface area contributed by atoms with E-state index in [4.69, 9.17) is 5.73 Å². The van der Waals surface area contributed by atoms with Gasteiger partial charge in [0.15, 0.2) is 0 Å². The Labute approximate surface area is 172 Å². The average Bonchev–Trinajstić information content (AvgIpc) is 2.76. The number of carbonyl (C=O) groups excluding carboxylic acids is 1. The largest absolute Gasteiger partial charge is 0.348 e. The Morgan fingerprint density at radius 3 is 2.93 bits per heavy atom. The van der Waals surface area contributed by atoms with E-state index in [1.807, 2.05) is 19.1 Å². The first-order valence-electron chi connectivity index (χ1n) is 9.43. The molecule has 0 saturated carbocycles. The van der Waals surface area contributed by atoms with Gasteiger partial charge in [-0.15, -0.1) is 0 Å². The molecular weight excluding hydrogens is 380 g/mol. The minimum Gasteiger partial charge on any atom is -0.348 e. The van der Waals surface area contributed by atoms with Crippen molar-refractivity contribution in [1.82, 2.24) is 19.7 Å². The molecule has 0 aliphatic heterocycles. The highest BCUT2D eigenvalue weighted by Gasteiger charge is 2.24. The molecule has 0 radical (unpaired) electrons. The van der Waals surface area contributed by atoms with Crippen LogP contribution in [0.4, 0.5) is 5.82 Å². The lowest BCUT2D eigenvalue weighted by Gasteiger charge is -2.11. The Morgan fingerprint density at radius 1 is 1.37 bits per heavy atom. The first-order chi connectivity index (χ1) is 14.5. The molecule has 30 heavy (non-hydrogen) atoms. The number of carbonyl (C=O) groups is 1. The van der Waals surface area contributed by atoms with E-state index in [1.54, 1.807) is 41.4 Å². The number of fused-ring (bicyclic) bond motifs is 2. The topological polar surface area (TPSA) is 106 Å². The van der Waals surface area contributed by atoms with Crippen molar-refractivity contribution in [3.05, 3.63) is 88.6 Å². The van der Waals surface area contributed by atoms with Gasteiger partial charge in [-0.1, -0.05) is 29.8 Å². The molecule has 0 fully saturated rings. The van der Waals surface area contributed by atoms with E-state index in [2.05, 4.69) is 21.9 Å². The molecule has 0 unspecified atom stereocenters. The summed E-state index contributed by atoms with van der Waals surface area (Å²) in [6.07, 6.45) is 6.64. The highest BCUT2D eigenvalue weighted by atomic mass is 16.1. The second kappa shape index (κ2) is 7.75. The molecule has 0 spiro atoms. The Hall–Kier alpha value is -4.07. The molecule has 3 N–H and O–H groups in total. The molecule has 8 nitrogen and oxygen atoms in total. The molecule has 0 aliphatic carbocycles. The summed E-state index contributed by atoms with van der Waals surface area (Å²) in [5.74, 6) is -0.166. The van der Waals surface area contributed by atoms with Crippen molar-refractivity contribution in [3.8, 4) is 0 Å². The Bertz CT molecular complexity index is 1350. The number of aromatic nitrogens is 4. The molecule has 0 saturated heterocycles. The normalized spacial score (nSPS) is 11.0. The molecule has 0 atom stereocenters. The fourth-order valence-electron chi connectivity index (χ4n) is 3.39. The number of aryl methyl sites for hydroxylation is 1. The van der Waals surface area contributed by atoms with Gasteiger partial charge in [0.25, 0.3) is 17.1 Å². The summed E-state index contributed by atoms with van der Waals surface area (Å²) in [5, 5.41) is 3.13. The lowest BCUT2D eigenvalue weighted by molar-refractivity contribution is -0.648. The molecule has 150 valence electrons. The van der Waals surface area contributed by atoms with Crippen LogP contribution in [0.25, 0.3) is 16.7 Å². The zero-order valence-electron chi connectivity index (χ0n) is 16.5. The second-order valence-electron chi connectivity index (χ2n) is 6.93. The van der Waals surface area contributed by atoms with Crippen molar-refractivity contribution in [3.63, 3.8) is 0 Å². The molecular formula is C22H21N6O2+. The summed E-state index contributed by atoms with van der Waals surface area (Å²) in [4.78, 5) is 34.8. The molecule has 8 heteroatoms. The van der Waals surface area contributed by atoms with Crippen LogP contribution >= 0.6 is 0 Å². The summed E-state index contributed by atoms with van der Waals surface area (Å²) in [5.41, 5.74) is 8.94. The molecule has 4 aromatic rings. The van der Waals surface area contributed by atoms with Gasteiger partial charge < -0.3 is 11.1 Å². The third-order valence-electron chi connectivity index (χ3n) is 4.91. The quantitative estimate of drug-likeness (QED) is 0.300. The van der Waals surface area contributed by atoms with Gasteiger partial charge in [-0.3, -0.25) is 19.0 Å². The molecule has 0 bridgehead atoms. The van der Waals surface area contributed by atoms with Gasteiger partial charge in [0.2, 0.25) is 11.5 Å². The first-order valence-corrected chi connectivity index (χ1v) is 9.43. The maximum atomic E-state index is 13.2. The minimum absolute atomic E-state index is 0.208. The zero-order chi connectivity index (χ0) is 21.3. The van der Waals surface area contributed by atoms with Gasteiger partial charge in [0, 0.05) is 30.7 Å². The molecule has 4 aromatic heterocycles. The maximum absolute atomic E-state index is 13.2. The standard InChI is InChI=1S/C22H20N6O2/c1-3-9-27-18(23)16(21(29)25-13-15-7-4-8-24-12-15)11-17-20(27)26-19-14(2)6-5-10-28(19)22(17)30/h3-8,10-12,23H,1,9,13H2,2H3,(H,25,29)/p+1. The minimum atomic E-state index is -0.384. The van der Waals surface area contributed by atoms with Crippen LogP contribution < -0.4 is 21.2 Å². The van der Waals surface area contributed by atoms with E-state index >= 15 is 0 Å². The Balaban J connectivity index is 1.88.